The van der Waals surface area contributed by atoms with Gasteiger partial charge in [-0.1, -0.05) is 0 Å². The molecule has 0 heterocycles. The Bertz CT molecular complexity index is 488. The maximum absolute atomic E-state index is 12.9. The monoisotopic (exact) mass is 308 g/mol. The molecule has 0 aliphatic rings. The fourth-order valence-electron chi connectivity index (χ4n) is 0.773. The summed E-state index contributed by atoms with van der Waals surface area (Å²) in [6.45, 7) is 0. The van der Waals surface area contributed by atoms with Crippen LogP contribution in [0.5, 0.6) is 0 Å². The molecule has 0 saturated heterocycles. The van der Waals surface area contributed by atoms with E-state index in [1.807, 2.05) is 0 Å². The molecule has 1 aromatic rings. The first-order valence-electron chi connectivity index (χ1n) is 3.03. The van der Waals surface area contributed by atoms with Crippen LogP contribution in [-0.4, -0.2) is 8.42 Å². The van der Waals surface area contributed by atoms with Crippen molar-refractivity contribution in [1.29, 1.82) is 0 Å². The maximum atomic E-state index is 12.9. The highest BCUT2D eigenvalue weighted by Gasteiger charge is 2.25. The van der Waals surface area contributed by atoms with Crippen molar-refractivity contribution in [3.63, 3.8) is 0 Å². The van der Waals surface area contributed by atoms with Crippen molar-refractivity contribution in [2.45, 2.75) is 4.90 Å². The van der Waals surface area contributed by atoms with Crippen molar-refractivity contribution < 1.29 is 21.6 Å². The molecule has 8 heteroatoms. The largest absolute Gasteiger partial charge is 0.265 e. The molecule has 1 aromatic carbocycles. The summed E-state index contributed by atoms with van der Waals surface area (Å²) in [4.78, 5) is -1.11. The second-order valence-corrected chi connectivity index (χ2v) is 5.59. The van der Waals surface area contributed by atoms with Crippen LogP contribution in [0.2, 0.25) is 0 Å². The molecule has 0 spiro atoms. The van der Waals surface area contributed by atoms with E-state index in [0.29, 0.717) is 6.07 Å². The van der Waals surface area contributed by atoms with Crippen LogP contribution in [0.15, 0.2) is 15.4 Å². The van der Waals surface area contributed by atoms with Gasteiger partial charge < -0.3 is 0 Å². The second kappa shape index (κ2) is 3.71. The van der Waals surface area contributed by atoms with E-state index in [2.05, 4.69) is 15.9 Å². The van der Waals surface area contributed by atoms with Crippen LogP contribution in [0.25, 0.3) is 0 Å². The van der Waals surface area contributed by atoms with Crippen LogP contribution in [0, 0.1) is 17.5 Å². The lowest BCUT2D eigenvalue weighted by Crippen LogP contribution is -2.02. The minimum atomic E-state index is -4.46. The Morgan fingerprint density at radius 2 is 1.71 bits per heavy atom. The minimum Gasteiger partial charge on any atom is -0.207 e. The van der Waals surface area contributed by atoms with Gasteiger partial charge in [0, 0.05) is 15.2 Å². The molecule has 2 nitrogen and oxygen atoms in total. The topological polar surface area (TPSA) is 34.1 Å². The summed E-state index contributed by atoms with van der Waals surface area (Å²) in [5.74, 6) is -5.22. The first-order valence-corrected chi connectivity index (χ1v) is 6.13. The van der Waals surface area contributed by atoms with Gasteiger partial charge in [0.1, 0.15) is 4.90 Å². The second-order valence-electron chi connectivity index (χ2n) is 2.24. The predicted molar refractivity (Wildman–Crippen MR) is 47.1 cm³/mol. The predicted octanol–water partition coefficient (Wildman–Crippen LogP) is 2.79. The smallest absolute Gasteiger partial charge is 0.207 e. The van der Waals surface area contributed by atoms with E-state index in [1.54, 1.807) is 0 Å². The van der Waals surface area contributed by atoms with Crippen LogP contribution in [0.3, 0.4) is 0 Å². The summed E-state index contributed by atoms with van der Waals surface area (Å²) >= 11 is 2.56. The Kier molecular flexibility index (Phi) is 3.13. The number of rotatable bonds is 1. The lowest BCUT2D eigenvalue weighted by Gasteiger charge is -2.03. The molecule has 0 saturated carbocycles. The van der Waals surface area contributed by atoms with E-state index in [-0.39, 0.29) is 0 Å². The molecular formula is C6HBrClF3O2S. The fourth-order valence-corrected chi connectivity index (χ4v) is 3.12. The molecule has 14 heavy (non-hydrogen) atoms. The molecule has 0 aliphatic heterocycles. The highest BCUT2D eigenvalue weighted by molar-refractivity contribution is 9.10. The molecule has 0 N–H and O–H groups in total. The highest BCUT2D eigenvalue weighted by Crippen LogP contribution is 2.30. The van der Waals surface area contributed by atoms with E-state index >= 15 is 0 Å². The number of hydrogen-bond donors (Lipinski definition) is 0. The van der Waals surface area contributed by atoms with Crippen LogP contribution >= 0.6 is 26.6 Å². The van der Waals surface area contributed by atoms with Gasteiger partial charge in [0.2, 0.25) is 0 Å². The summed E-state index contributed by atoms with van der Waals surface area (Å²) < 4.78 is 59.1. The van der Waals surface area contributed by atoms with Crippen LogP contribution < -0.4 is 0 Å². The molecule has 0 bridgehead atoms. The third-order valence-electron chi connectivity index (χ3n) is 1.32. The lowest BCUT2D eigenvalue weighted by molar-refractivity contribution is 0.431. The Labute approximate surface area is 90.2 Å². The molecule has 0 atom stereocenters. The van der Waals surface area contributed by atoms with E-state index in [0.717, 1.165) is 0 Å². The molecule has 0 amide bonds. The average Bonchev–Trinajstić information content (AvgIpc) is 1.97. The Morgan fingerprint density at radius 3 is 2.14 bits per heavy atom. The van der Waals surface area contributed by atoms with Crippen LogP contribution in [-0.2, 0) is 9.05 Å². The van der Waals surface area contributed by atoms with Gasteiger partial charge in [0.15, 0.2) is 17.5 Å². The third-order valence-corrected chi connectivity index (χ3v) is 3.55. The van der Waals surface area contributed by atoms with Crippen molar-refractivity contribution in [1.82, 2.24) is 0 Å². The lowest BCUT2D eigenvalue weighted by atomic mass is 10.3. The zero-order valence-electron chi connectivity index (χ0n) is 6.19. The van der Waals surface area contributed by atoms with Crippen molar-refractivity contribution in [2.75, 3.05) is 0 Å². The van der Waals surface area contributed by atoms with E-state index < -0.39 is 35.9 Å². The number of halogens is 5. The SMILES string of the molecule is O=S(=O)(Cl)c1c(Br)cc(F)c(F)c1F. The van der Waals surface area contributed by atoms with Gasteiger partial charge >= 0.3 is 0 Å². The van der Waals surface area contributed by atoms with Gasteiger partial charge in [-0.25, -0.2) is 21.6 Å². The summed E-state index contributed by atoms with van der Waals surface area (Å²) in [7, 11) is 0.347. The maximum Gasteiger partial charge on any atom is 0.265 e. The van der Waals surface area contributed by atoms with Crippen molar-refractivity contribution in [3.05, 3.63) is 28.0 Å². The van der Waals surface area contributed by atoms with Gasteiger partial charge in [-0.3, -0.25) is 0 Å². The van der Waals surface area contributed by atoms with Gasteiger partial charge in [-0.2, -0.15) is 0 Å². The fraction of sp³-hybridized carbons (Fsp3) is 0. The molecule has 0 aromatic heterocycles. The average molecular weight is 309 g/mol. The molecule has 0 radical (unpaired) electrons. The van der Waals surface area contributed by atoms with Gasteiger partial charge in [0.05, 0.1) is 0 Å². The van der Waals surface area contributed by atoms with Crippen molar-refractivity contribution in [2.24, 2.45) is 0 Å². The van der Waals surface area contributed by atoms with Gasteiger partial charge in [-0.15, -0.1) is 0 Å². The number of hydrogen-bond acceptors (Lipinski definition) is 2. The molecule has 0 fully saturated rings. The van der Waals surface area contributed by atoms with Gasteiger partial charge in [-0.05, 0) is 22.0 Å². The van der Waals surface area contributed by atoms with E-state index in [1.165, 1.54) is 0 Å². The normalized spacial score (nSPS) is 11.8. The first-order chi connectivity index (χ1) is 6.25. The quantitative estimate of drug-likeness (QED) is 0.454. The van der Waals surface area contributed by atoms with Crippen LogP contribution in [0.4, 0.5) is 13.2 Å². The molecule has 0 aliphatic carbocycles. The van der Waals surface area contributed by atoms with Crippen molar-refractivity contribution in [3.8, 4) is 0 Å². The summed E-state index contributed by atoms with van der Waals surface area (Å²) in [5.41, 5.74) is 0. The van der Waals surface area contributed by atoms with Crippen molar-refractivity contribution >= 4 is 35.7 Å². The highest BCUT2D eigenvalue weighted by atomic mass is 79.9. The summed E-state index contributed by atoms with van der Waals surface area (Å²) in [5, 5.41) is 0. The molecule has 78 valence electrons. The summed E-state index contributed by atoms with van der Waals surface area (Å²) in [6, 6.07) is 0.480. The summed E-state index contributed by atoms with van der Waals surface area (Å²) in [6.07, 6.45) is 0. The van der Waals surface area contributed by atoms with Crippen LogP contribution in [0.1, 0.15) is 0 Å². The zero-order chi connectivity index (χ0) is 11.1. The first kappa shape index (κ1) is 11.8. The van der Waals surface area contributed by atoms with E-state index in [9.17, 15) is 21.6 Å². The Hall–Kier alpha value is -0.270. The molecule has 0 unspecified atom stereocenters. The molecular weight excluding hydrogens is 308 g/mol. The number of benzene rings is 1. The van der Waals surface area contributed by atoms with Gasteiger partial charge in [0.25, 0.3) is 9.05 Å². The van der Waals surface area contributed by atoms with E-state index in [4.69, 9.17) is 10.7 Å². The Morgan fingerprint density at radius 1 is 1.21 bits per heavy atom. The zero-order valence-corrected chi connectivity index (χ0v) is 9.35. The minimum absolute atomic E-state index is 0.469. The Balaban J connectivity index is 3.70. The standard InChI is InChI=1S/C6HBrClF3O2S/c7-2-1-3(9)4(10)5(11)6(2)14(8,12)13/h1H. The third kappa shape index (κ3) is 2.04. The molecule has 1 rings (SSSR count).